The number of carbonyl (C=O) groups is 1. The zero-order valence-corrected chi connectivity index (χ0v) is 18.9. The molecule has 3 aromatic rings. The van der Waals surface area contributed by atoms with Gasteiger partial charge in [-0.25, -0.2) is 8.42 Å². The molecule has 3 rings (SSSR count). The molecule has 0 aliphatic heterocycles. The predicted molar refractivity (Wildman–Crippen MR) is 123 cm³/mol. The topological polar surface area (TPSA) is 75.7 Å². The van der Waals surface area contributed by atoms with Crippen molar-refractivity contribution < 1.29 is 17.9 Å². The fourth-order valence-electron chi connectivity index (χ4n) is 3.32. The molecule has 0 fully saturated rings. The summed E-state index contributed by atoms with van der Waals surface area (Å²) in [6, 6.07) is 18.9. The average Bonchev–Trinajstić information content (AvgIpc) is 2.74. The molecule has 0 aliphatic carbocycles. The summed E-state index contributed by atoms with van der Waals surface area (Å²) in [7, 11) is -2.46. The Morgan fingerprint density at radius 2 is 1.65 bits per heavy atom. The van der Waals surface area contributed by atoms with Gasteiger partial charge in [-0.2, -0.15) is 0 Å². The van der Waals surface area contributed by atoms with E-state index in [0.29, 0.717) is 22.7 Å². The second-order valence-corrected chi connectivity index (χ2v) is 9.21. The molecular weight excluding hydrogens is 412 g/mol. The van der Waals surface area contributed by atoms with Crippen molar-refractivity contribution in [2.24, 2.45) is 0 Å². The molecule has 1 amide bonds. The highest BCUT2D eigenvalue weighted by molar-refractivity contribution is 7.92. The van der Waals surface area contributed by atoms with Crippen LogP contribution in [-0.2, 0) is 14.8 Å². The van der Waals surface area contributed by atoms with Gasteiger partial charge in [0.15, 0.2) is 0 Å². The zero-order valence-electron chi connectivity index (χ0n) is 18.0. The highest BCUT2D eigenvalue weighted by Gasteiger charge is 2.28. The number of aryl methyl sites for hydroxylation is 3. The van der Waals surface area contributed by atoms with Crippen molar-refractivity contribution in [2.45, 2.75) is 25.7 Å². The molecule has 0 unspecified atom stereocenters. The summed E-state index contributed by atoms with van der Waals surface area (Å²) >= 11 is 0. The van der Waals surface area contributed by atoms with Crippen LogP contribution in [0.3, 0.4) is 0 Å². The first-order valence-corrected chi connectivity index (χ1v) is 11.3. The normalized spacial score (nSPS) is 11.1. The van der Waals surface area contributed by atoms with E-state index < -0.39 is 15.9 Å². The lowest BCUT2D eigenvalue weighted by Crippen LogP contribution is -2.38. The molecule has 6 nitrogen and oxygen atoms in total. The van der Waals surface area contributed by atoms with E-state index in [2.05, 4.69) is 5.32 Å². The van der Waals surface area contributed by atoms with Gasteiger partial charge in [0.1, 0.15) is 12.3 Å². The van der Waals surface area contributed by atoms with Gasteiger partial charge >= 0.3 is 0 Å². The molecule has 7 heteroatoms. The number of benzene rings is 3. The lowest BCUT2D eigenvalue weighted by molar-refractivity contribution is -0.114. The van der Waals surface area contributed by atoms with Gasteiger partial charge < -0.3 is 10.1 Å². The van der Waals surface area contributed by atoms with Crippen molar-refractivity contribution >= 4 is 27.3 Å². The fraction of sp³-hybridized carbons (Fsp3) is 0.208. The minimum atomic E-state index is -3.99. The molecular formula is C24H26N2O4S. The van der Waals surface area contributed by atoms with Crippen LogP contribution in [0.2, 0.25) is 0 Å². The van der Waals surface area contributed by atoms with E-state index in [0.717, 1.165) is 15.4 Å². The van der Waals surface area contributed by atoms with Gasteiger partial charge in [0.05, 0.1) is 17.7 Å². The molecule has 0 radical (unpaired) electrons. The van der Waals surface area contributed by atoms with E-state index in [4.69, 9.17) is 4.74 Å². The number of sulfonamides is 1. The van der Waals surface area contributed by atoms with Crippen LogP contribution in [0.5, 0.6) is 5.75 Å². The second kappa shape index (κ2) is 9.22. The average molecular weight is 439 g/mol. The summed E-state index contributed by atoms with van der Waals surface area (Å²) < 4.78 is 33.3. The molecule has 0 bridgehead atoms. The first kappa shape index (κ1) is 22.4. The minimum absolute atomic E-state index is 0.0916. The highest BCUT2D eigenvalue weighted by atomic mass is 32.2. The highest BCUT2D eigenvalue weighted by Crippen LogP contribution is 2.27. The van der Waals surface area contributed by atoms with Crippen molar-refractivity contribution in [3.63, 3.8) is 0 Å². The van der Waals surface area contributed by atoms with Gasteiger partial charge in [0.25, 0.3) is 10.0 Å². The number of carbonyl (C=O) groups excluding carboxylic acids is 1. The number of ether oxygens (including phenoxy) is 1. The van der Waals surface area contributed by atoms with Gasteiger partial charge in [-0.05, 0) is 68.3 Å². The Bertz CT molecular complexity index is 1190. The van der Waals surface area contributed by atoms with Gasteiger partial charge in [-0.1, -0.05) is 35.9 Å². The van der Waals surface area contributed by atoms with Crippen LogP contribution < -0.4 is 14.4 Å². The number of rotatable bonds is 7. The van der Waals surface area contributed by atoms with E-state index in [1.165, 1.54) is 13.2 Å². The number of methoxy groups -OCH3 is 1. The molecule has 0 aromatic heterocycles. The quantitative estimate of drug-likeness (QED) is 0.591. The molecule has 0 spiro atoms. The third kappa shape index (κ3) is 5.06. The van der Waals surface area contributed by atoms with Crippen molar-refractivity contribution in [3.8, 4) is 5.75 Å². The third-order valence-corrected chi connectivity index (χ3v) is 6.71. The van der Waals surface area contributed by atoms with Crippen LogP contribution >= 0.6 is 0 Å². The summed E-state index contributed by atoms with van der Waals surface area (Å²) in [6.07, 6.45) is 0. The van der Waals surface area contributed by atoms with E-state index in [9.17, 15) is 13.2 Å². The van der Waals surface area contributed by atoms with Crippen molar-refractivity contribution in [1.29, 1.82) is 0 Å². The summed E-state index contributed by atoms with van der Waals surface area (Å²) in [6.45, 7) is 5.29. The largest absolute Gasteiger partial charge is 0.496 e. The maximum atomic E-state index is 13.5. The summed E-state index contributed by atoms with van der Waals surface area (Å²) in [5.41, 5.74) is 3.75. The van der Waals surface area contributed by atoms with Crippen molar-refractivity contribution in [2.75, 3.05) is 23.3 Å². The Morgan fingerprint density at radius 3 is 2.26 bits per heavy atom. The van der Waals surface area contributed by atoms with Crippen LogP contribution in [0.1, 0.15) is 16.7 Å². The lowest BCUT2D eigenvalue weighted by atomic mass is 10.1. The van der Waals surface area contributed by atoms with Gasteiger partial charge in [-0.15, -0.1) is 0 Å². The first-order valence-electron chi connectivity index (χ1n) is 9.82. The van der Waals surface area contributed by atoms with E-state index >= 15 is 0 Å². The fourth-order valence-corrected chi connectivity index (χ4v) is 4.83. The molecule has 0 saturated heterocycles. The first-order chi connectivity index (χ1) is 14.7. The zero-order chi connectivity index (χ0) is 22.6. The number of anilines is 2. The van der Waals surface area contributed by atoms with Gasteiger partial charge in [0.2, 0.25) is 5.91 Å². The Hall–Kier alpha value is -3.32. The summed E-state index contributed by atoms with van der Waals surface area (Å²) in [5.74, 6) is 0.169. The Morgan fingerprint density at radius 1 is 0.935 bits per heavy atom. The van der Waals surface area contributed by atoms with Crippen molar-refractivity contribution in [3.05, 3.63) is 83.4 Å². The molecule has 3 aromatic carbocycles. The number of nitrogens with zero attached hydrogens (tertiary/aromatic N) is 1. The Labute approximate surface area is 183 Å². The van der Waals surface area contributed by atoms with Gasteiger partial charge in [0, 0.05) is 5.69 Å². The monoisotopic (exact) mass is 438 g/mol. The third-order valence-electron chi connectivity index (χ3n) is 4.94. The van der Waals surface area contributed by atoms with E-state index in [1.807, 2.05) is 32.0 Å². The van der Waals surface area contributed by atoms with E-state index in [-0.39, 0.29) is 11.4 Å². The Balaban J connectivity index is 1.95. The number of amides is 1. The van der Waals surface area contributed by atoms with Crippen LogP contribution in [0.15, 0.2) is 71.6 Å². The van der Waals surface area contributed by atoms with Crippen molar-refractivity contribution in [1.82, 2.24) is 0 Å². The molecule has 0 saturated carbocycles. The molecule has 0 atom stereocenters. The molecule has 0 aliphatic rings. The predicted octanol–water partition coefficient (Wildman–Crippen LogP) is 4.45. The van der Waals surface area contributed by atoms with Crippen LogP contribution in [0.25, 0.3) is 0 Å². The lowest BCUT2D eigenvalue weighted by Gasteiger charge is -2.24. The molecule has 1 N–H and O–H groups in total. The SMILES string of the molecule is COc1ccc(S(=O)(=O)N(CC(=O)Nc2ccc(C)cc2C)c2ccccc2)cc1C. The molecule has 0 heterocycles. The van der Waals surface area contributed by atoms with Crippen LogP contribution in [-0.4, -0.2) is 28.0 Å². The van der Waals surface area contributed by atoms with Crippen LogP contribution in [0, 0.1) is 20.8 Å². The maximum Gasteiger partial charge on any atom is 0.264 e. The number of hydrogen-bond acceptors (Lipinski definition) is 4. The molecule has 162 valence electrons. The number of para-hydroxylation sites is 1. The van der Waals surface area contributed by atoms with E-state index in [1.54, 1.807) is 49.4 Å². The van der Waals surface area contributed by atoms with Crippen LogP contribution in [0.4, 0.5) is 11.4 Å². The Kier molecular flexibility index (Phi) is 6.65. The number of nitrogens with one attached hydrogen (secondary N) is 1. The smallest absolute Gasteiger partial charge is 0.264 e. The number of hydrogen-bond donors (Lipinski definition) is 1. The summed E-state index contributed by atoms with van der Waals surface area (Å²) in [4.78, 5) is 12.9. The minimum Gasteiger partial charge on any atom is -0.496 e. The maximum absolute atomic E-state index is 13.5. The molecule has 31 heavy (non-hydrogen) atoms. The van der Waals surface area contributed by atoms with Gasteiger partial charge in [-0.3, -0.25) is 9.10 Å². The second-order valence-electron chi connectivity index (χ2n) is 7.35. The summed E-state index contributed by atoms with van der Waals surface area (Å²) in [5, 5.41) is 2.83. The standard InChI is InChI=1S/C24H26N2O4S/c1-17-10-12-22(18(2)14-17)25-24(27)16-26(20-8-6-5-7-9-20)31(28,29)21-11-13-23(30-4)19(3)15-21/h5-15H,16H2,1-4H3,(H,25,27).